The van der Waals surface area contributed by atoms with Gasteiger partial charge in [-0.1, -0.05) is 71.0 Å². The van der Waals surface area contributed by atoms with Crippen molar-refractivity contribution in [2.24, 2.45) is 11.3 Å². The van der Waals surface area contributed by atoms with Crippen molar-refractivity contribution >= 4 is 11.3 Å². The lowest BCUT2D eigenvalue weighted by Crippen LogP contribution is -2.36. The molecule has 2 unspecified atom stereocenters. The van der Waals surface area contributed by atoms with Crippen molar-refractivity contribution in [3.8, 4) is 0 Å². The third-order valence-electron chi connectivity index (χ3n) is 3.86. The minimum Gasteiger partial charge on any atom is -0.302 e. The number of thiophene rings is 1. The van der Waals surface area contributed by atoms with E-state index in [1.165, 1.54) is 10.4 Å². The normalized spacial score (nSPS) is 15.1. The van der Waals surface area contributed by atoms with Gasteiger partial charge in [0.1, 0.15) is 0 Å². The number of hydrogen-bond donors (Lipinski definition) is 1. The van der Waals surface area contributed by atoms with Crippen LogP contribution in [0.1, 0.15) is 57.1 Å². The number of rotatable bonds is 5. The monoisotopic (exact) mass is 301 g/mol. The highest BCUT2D eigenvalue weighted by atomic mass is 32.1. The van der Waals surface area contributed by atoms with Gasteiger partial charge in [0.2, 0.25) is 0 Å². The SMILES string of the molecule is CC(C)C(NC(c1ccccc1)C(C)(C)C)c1cccs1. The summed E-state index contributed by atoms with van der Waals surface area (Å²) in [6, 6.07) is 15.9. The zero-order chi connectivity index (χ0) is 15.5. The molecule has 0 radical (unpaired) electrons. The maximum Gasteiger partial charge on any atom is 0.0443 e. The molecule has 2 atom stereocenters. The first kappa shape index (κ1) is 16.3. The highest BCUT2D eigenvalue weighted by molar-refractivity contribution is 7.10. The van der Waals surface area contributed by atoms with Gasteiger partial charge >= 0.3 is 0 Å². The molecule has 2 aromatic rings. The second-order valence-corrected chi connectivity index (χ2v) is 8.09. The fraction of sp³-hybridized carbons (Fsp3) is 0.474. The van der Waals surface area contributed by atoms with E-state index in [0.29, 0.717) is 18.0 Å². The average molecular weight is 301 g/mol. The van der Waals surface area contributed by atoms with E-state index in [-0.39, 0.29) is 5.41 Å². The van der Waals surface area contributed by atoms with Crippen LogP contribution in [-0.4, -0.2) is 0 Å². The molecule has 21 heavy (non-hydrogen) atoms. The van der Waals surface area contributed by atoms with E-state index in [4.69, 9.17) is 0 Å². The number of hydrogen-bond acceptors (Lipinski definition) is 2. The summed E-state index contributed by atoms with van der Waals surface area (Å²) < 4.78 is 0. The highest BCUT2D eigenvalue weighted by Crippen LogP contribution is 2.37. The van der Waals surface area contributed by atoms with Crippen LogP contribution in [-0.2, 0) is 0 Å². The molecular weight excluding hydrogens is 274 g/mol. The largest absolute Gasteiger partial charge is 0.302 e. The van der Waals surface area contributed by atoms with Gasteiger partial charge in [-0.3, -0.25) is 0 Å². The van der Waals surface area contributed by atoms with E-state index in [1.807, 2.05) is 11.3 Å². The lowest BCUT2D eigenvalue weighted by molar-refractivity contribution is 0.230. The average Bonchev–Trinajstić information content (AvgIpc) is 2.92. The van der Waals surface area contributed by atoms with E-state index in [2.05, 4.69) is 87.8 Å². The Bertz CT molecular complexity index is 522. The molecule has 0 saturated carbocycles. The van der Waals surface area contributed by atoms with Gasteiger partial charge < -0.3 is 5.32 Å². The van der Waals surface area contributed by atoms with E-state index in [1.54, 1.807) is 0 Å². The Balaban J connectivity index is 2.30. The van der Waals surface area contributed by atoms with Crippen molar-refractivity contribution in [1.29, 1.82) is 0 Å². The first-order valence-corrected chi connectivity index (χ1v) is 8.62. The van der Waals surface area contributed by atoms with Crippen LogP contribution in [0.15, 0.2) is 47.8 Å². The van der Waals surface area contributed by atoms with Crippen molar-refractivity contribution in [2.75, 3.05) is 0 Å². The summed E-state index contributed by atoms with van der Waals surface area (Å²) in [5, 5.41) is 6.09. The van der Waals surface area contributed by atoms with Crippen molar-refractivity contribution < 1.29 is 0 Å². The number of benzene rings is 1. The molecule has 0 aliphatic carbocycles. The van der Waals surface area contributed by atoms with Crippen molar-refractivity contribution in [3.05, 3.63) is 58.3 Å². The quantitative estimate of drug-likeness (QED) is 0.733. The molecule has 0 spiro atoms. The molecule has 1 nitrogen and oxygen atoms in total. The standard InChI is InChI=1S/C19H27NS/c1-14(2)17(16-12-9-13-21-16)20-18(19(3,4)5)15-10-7-6-8-11-15/h6-14,17-18,20H,1-5H3. The minimum absolute atomic E-state index is 0.172. The van der Waals surface area contributed by atoms with Crippen LogP contribution in [0, 0.1) is 11.3 Å². The summed E-state index contributed by atoms with van der Waals surface area (Å²) in [4.78, 5) is 1.43. The van der Waals surface area contributed by atoms with Crippen molar-refractivity contribution in [2.45, 2.75) is 46.7 Å². The van der Waals surface area contributed by atoms with Crippen LogP contribution < -0.4 is 5.32 Å². The maximum absolute atomic E-state index is 3.92. The predicted molar refractivity (Wildman–Crippen MR) is 93.7 cm³/mol. The third kappa shape index (κ3) is 4.18. The van der Waals surface area contributed by atoms with Gasteiger partial charge in [-0.15, -0.1) is 11.3 Å². The molecule has 0 aliphatic rings. The molecule has 1 aromatic carbocycles. The van der Waals surface area contributed by atoms with E-state index in [0.717, 1.165) is 0 Å². The van der Waals surface area contributed by atoms with Gasteiger partial charge in [-0.2, -0.15) is 0 Å². The summed E-state index contributed by atoms with van der Waals surface area (Å²) in [5.74, 6) is 0.567. The molecule has 1 heterocycles. The van der Waals surface area contributed by atoms with E-state index in [9.17, 15) is 0 Å². The molecule has 0 saturated heterocycles. The Morgan fingerprint density at radius 3 is 2.10 bits per heavy atom. The first-order chi connectivity index (χ1) is 9.89. The second-order valence-electron chi connectivity index (χ2n) is 7.11. The molecule has 2 heteroatoms. The summed E-state index contributed by atoms with van der Waals surface area (Å²) in [6.07, 6.45) is 0. The van der Waals surface area contributed by atoms with Gasteiger partial charge in [0, 0.05) is 17.0 Å². The van der Waals surface area contributed by atoms with Gasteiger partial charge in [-0.05, 0) is 28.3 Å². The minimum atomic E-state index is 0.172. The zero-order valence-corrected chi connectivity index (χ0v) is 14.6. The Labute approximate surface area is 133 Å². The van der Waals surface area contributed by atoms with Crippen LogP contribution in [0.4, 0.5) is 0 Å². The molecular formula is C19H27NS. The lowest BCUT2D eigenvalue weighted by atomic mass is 9.81. The molecule has 1 aromatic heterocycles. The van der Waals surface area contributed by atoms with Gasteiger partial charge in [-0.25, -0.2) is 0 Å². The van der Waals surface area contributed by atoms with Crippen molar-refractivity contribution in [1.82, 2.24) is 5.32 Å². The van der Waals surface area contributed by atoms with Crippen molar-refractivity contribution in [3.63, 3.8) is 0 Å². The predicted octanol–water partition coefficient (Wildman–Crippen LogP) is 5.82. The second kappa shape index (κ2) is 6.76. The molecule has 0 bridgehead atoms. The van der Waals surface area contributed by atoms with Crippen LogP contribution in [0.25, 0.3) is 0 Å². The molecule has 2 rings (SSSR count). The fourth-order valence-electron chi connectivity index (χ4n) is 2.74. The summed E-state index contributed by atoms with van der Waals surface area (Å²) in [6.45, 7) is 11.5. The lowest BCUT2D eigenvalue weighted by Gasteiger charge is -2.36. The Kier molecular flexibility index (Phi) is 5.23. The van der Waals surface area contributed by atoms with Crippen LogP contribution in [0.5, 0.6) is 0 Å². The summed E-state index contributed by atoms with van der Waals surface area (Å²) in [7, 11) is 0. The fourth-order valence-corrected chi connectivity index (χ4v) is 3.70. The smallest absolute Gasteiger partial charge is 0.0443 e. The van der Waals surface area contributed by atoms with Gasteiger partial charge in [0.25, 0.3) is 0 Å². The molecule has 1 N–H and O–H groups in total. The molecule has 0 aliphatic heterocycles. The highest BCUT2D eigenvalue weighted by Gasteiger charge is 2.30. The maximum atomic E-state index is 3.92. The van der Waals surface area contributed by atoms with E-state index < -0.39 is 0 Å². The Hall–Kier alpha value is -1.12. The Morgan fingerprint density at radius 2 is 1.62 bits per heavy atom. The van der Waals surface area contributed by atoms with Crippen LogP contribution in [0.2, 0.25) is 0 Å². The van der Waals surface area contributed by atoms with Gasteiger partial charge in [0.05, 0.1) is 0 Å². The van der Waals surface area contributed by atoms with E-state index >= 15 is 0 Å². The van der Waals surface area contributed by atoms with Crippen LogP contribution >= 0.6 is 11.3 Å². The molecule has 0 amide bonds. The topological polar surface area (TPSA) is 12.0 Å². The summed E-state index contributed by atoms with van der Waals surface area (Å²) in [5.41, 5.74) is 1.54. The zero-order valence-electron chi connectivity index (χ0n) is 13.8. The molecule has 114 valence electrons. The van der Waals surface area contributed by atoms with Gasteiger partial charge in [0.15, 0.2) is 0 Å². The Morgan fingerprint density at radius 1 is 0.952 bits per heavy atom. The first-order valence-electron chi connectivity index (χ1n) is 7.74. The van der Waals surface area contributed by atoms with Crippen LogP contribution in [0.3, 0.4) is 0 Å². The summed E-state index contributed by atoms with van der Waals surface area (Å²) >= 11 is 1.84. The molecule has 0 fully saturated rings. The number of nitrogens with one attached hydrogen (secondary N) is 1. The third-order valence-corrected chi connectivity index (χ3v) is 4.82.